The molecule has 1 unspecified atom stereocenters. The van der Waals surface area contributed by atoms with Gasteiger partial charge in [-0.05, 0) is 6.07 Å². The van der Waals surface area contributed by atoms with Crippen molar-refractivity contribution in [2.75, 3.05) is 18.2 Å². The normalized spacial score (nSPS) is 32.9. The van der Waals surface area contributed by atoms with E-state index in [9.17, 15) is 25.2 Å². The number of nitrogens with one attached hydrogen (secondary N) is 1. The Morgan fingerprint density at radius 2 is 1.95 bits per heavy atom. The molecule has 0 aliphatic carbocycles. The minimum absolute atomic E-state index is 0.0989. The molecule has 1 aliphatic rings. The maximum atomic E-state index is 11.2. The van der Waals surface area contributed by atoms with Gasteiger partial charge in [0, 0.05) is 6.20 Å². The summed E-state index contributed by atoms with van der Waals surface area (Å²) in [7, 11) is 0. The first-order chi connectivity index (χ1) is 9.99. The van der Waals surface area contributed by atoms with Gasteiger partial charge >= 0.3 is 5.69 Å². The van der Waals surface area contributed by atoms with Gasteiger partial charge in [0.15, 0.2) is 6.23 Å². The Kier molecular flexibility index (Phi) is 4.88. The maximum absolute atomic E-state index is 11.2. The molecule has 118 valence electrons. The molecular formula is C11H17N3O7. The van der Waals surface area contributed by atoms with E-state index in [1.165, 1.54) is 12.3 Å². The van der Waals surface area contributed by atoms with Gasteiger partial charge in [0.1, 0.15) is 37.0 Å². The van der Waals surface area contributed by atoms with Crippen molar-refractivity contribution in [2.24, 2.45) is 0 Å². The number of hydrogen-bond acceptors (Lipinski definition) is 9. The van der Waals surface area contributed by atoms with Crippen molar-refractivity contribution >= 4 is 5.82 Å². The van der Waals surface area contributed by atoms with Crippen LogP contribution >= 0.6 is 0 Å². The number of nitrogens with zero attached hydrogens (tertiary/aromatic N) is 2. The van der Waals surface area contributed by atoms with Gasteiger partial charge in [-0.15, -0.1) is 0 Å². The fourth-order valence-corrected chi connectivity index (χ4v) is 2.16. The highest BCUT2D eigenvalue weighted by atomic mass is 16.6. The first kappa shape index (κ1) is 15.8. The SMILES string of the molecule is O=c1nccc(N(CO)C2O[C@H](CO)[C@@H](O)[C@H](O)[C@H]2O)[nH]1. The molecule has 2 rings (SSSR count). The van der Waals surface area contributed by atoms with Crippen molar-refractivity contribution in [3.05, 3.63) is 22.7 Å². The van der Waals surface area contributed by atoms with Crippen molar-refractivity contribution in [3.8, 4) is 0 Å². The molecule has 0 amide bonds. The number of hydrogen-bond donors (Lipinski definition) is 6. The van der Waals surface area contributed by atoms with Crippen LogP contribution < -0.4 is 10.6 Å². The van der Waals surface area contributed by atoms with Gasteiger partial charge < -0.3 is 35.2 Å². The average Bonchev–Trinajstić information content (AvgIpc) is 2.48. The van der Waals surface area contributed by atoms with Crippen LogP contribution in [0.25, 0.3) is 0 Å². The molecule has 1 fully saturated rings. The Morgan fingerprint density at radius 1 is 1.24 bits per heavy atom. The van der Waals surface area contributed by atoms with E-state index < -0.39 is 49.7 Å². The van der Waals surface area contributed by atoms with Gasteiger partial charge in [-0.1, -0.05) is 0 Å². The zero-order valence-electron chi connectivity index (χ0n) is 10.9. The summed E-state index contributed by atoms with van der Waals surface area (Å²) in [5.41, 5.74) is -0.671. The molecule has 5 atom stereocenters. The summed E-state index contributed by atoms with van der Waals surface area (Å²) in [6.07, 6.45) is -5.84. The zero-order valence-corrected chi connectivity index (χ0v) is 10.9. The van der Waals surface area contributed by atoms with Gasteiger partial charge in [0.05, 0.1) is 6.61 Å². The Bertz CT molecular complexity index is 523. The second-order valence-electron chi connectivity index (χ2n) is 4.59. The molecule has 0 spiro atoms. The number of ether oxygens (including phenoxy) is 1. The van der Waals surface area contributed by atoms with E-state index in [0.717, 1.165) is 4.90 Å². The summed E-state index contributed by atoms with van der Waals surface area (Å²) in [6, 6.07) is 1.36. The van der Waals surface area contributed by atoms with Gasteiger partial charge in [-0.2, -0.15) is 0 Å². The van der Waals surface area contributed by atoms with E-state index in [1.807, 2.05) is 0 Å². The van der Waals surface area contributed by atoms with Gasteiger partial charge in [0.25, 0.3) is 0 Å². The molecule has 1 saturated heterocycles. The third-order valence-electron chi connectivity index (χ3n) is 3.30. The van der Waals surface area contributed by atoms with Crippen LogP contribution in [0.15, 0.2) is 17.1 Å². The number of aromatic amines is 1. The fraction of sp³-hybridized carbons (Fsp3) is 0.636. The quantitative estimate of drug-likeness (QED) is 0.308. The van der Waals surface area contributed by atoms with Crippen LogP contribution in [0.2, 0.25) is 0 Å². The van der Waals surface area contributed by atoms with Crippen LogP contribution in [-0.4, -0.2) is 79.5 Å². The Balaban J connectivity index is 2.30. The standard InChI is InChI=1S/C11H17N3O7/c15-3-5-7(17)8(18)9(19)10(21-5)14(4-16)6-1-2-12-11(20)13-6/h1-2,5,7-10,15-19H,3-4H2,(H,12,13,20)/t5-,7-,8+,9-,10?/m1/s1. The Labute approximate surface area is 118 Å². The number of aliphatic hydroxyl groups is 5. The molecule has 0 radical (unpaired) electrons. The third-order valence-corrected chi connectivity index (χ3v) is 3.30. The highest BCUT2D eigenvalue weighted by Crippen LogP contribution is 2.25. The number of anilines is 1. The zero-order chi connectivity index (χ0) is 15.6. The van der Waals surface area contributed by atoms with E-state index >= 15 is 0 Å². The molecule has 0 bridgehead atoms. The monoisotopic (exact) mass is 303 g/mol. The minimum atomic E-state index is -1.58. The van der Waals surface area contributed by atoms with Crippen molar-refractivity contribution in [2.45, 2.75) is 30.6 Å². The minimum Gasteiger partial charge on any atom is -0.394 e. The Hall–Kier alpha value is -1.56. The number of H-pyrrole nitrogens is 1. The lowest BCUT2D eigenvalue weighted by Gasteiger charge is -2.44. The van der Waals surface area contributed by atoms with Crippen LogP contribution in [0.1, 0.15) is 0 Å². The third kappa shape index (κ3) is 3.05. The molecule has 0 saturated carbocycles. The van der Waals surface area contributed by atoms with Crippen molar-refractivity contribution in [1.29, 1.82) is 0 Å². The van der Waals surface area contributed by atoms with Crippen LogP contribution in [0.4, 0.5) is 5.82 Å². The highest BCUT2D eigenvalue weighted by molar-refractivity contribution is 5.37. The molecule has 1 aromatic rings. The van der Waals surface area contributed by atoms with Crippen molar-refractivity contribution < 1.29 is 30.3 Å². The number of aromatic nitrogens is 2. The molecule has 1 aromatic heterocycles. The van der Waals surface area contributed by atoms with E-state index in [2.05, 4.69) is 9.97 Å². The summed E-state index contributed by atoms with van der Waals surface area (Å²) in [5, 5.41) is 48.0. The molecule has 10 nitrogen and oxygen atoms in total. The predicted molar refractivity (Wildman–Crippen MR) is 68.2 cm³/mol. The maximum Gasteiger partial charge on any atom is 0.346 e. The molecule has 0 aromatic carbocycles. The summed E-state index contributed by atoms with van der Waals surface area (Å²) in [4.78, 5) is 18.0. The smallest absolute Gasteiger partial charge is 0.346 e. The number of aliphatic hydroxyl groups excluding tert-OH is 5. The van der Waals surface area contributed by atoms with Gasteiger partial charge in [-0.25, -0.2) is 9.78 Å². The first-order valence-corrected chi connectivity index (χ1v) is 6.23. The second-order valence-corrected chi connectivity index (χ2v) is 4.59. The topological polar surface area (TPSA) is 159 Å². The van der Waals surface area contributed by atoms with E-state index in [0.29, 0.717) is 0 Å². The lowest BCUT2D eigenvalue weighted by atomic mass is 9.98. The van der Waals surface area contributed by atoms with Gasteiger partial charge in [-0.3, -0.25) is 4.98 Å². The molecule has 1 aliphatic heterocycles. The number of rotatable bonds is 4. The highest BCUT2D eigenvalue weighted by Gasteiger charge is 2.45. The van der Waals surface area contributed by atoms with Crippen LogP contribution in [0.3, 0.4) is 0 Å². The Morgan fingerprint density at radius 3 is 2.52 bits per heavy atom. The summed E-state index contributed by atoms with van der Waals surface area (Å²) >= 11 is 0. The summed E-state index contributed by atoms with van der Waals surface area (Å²) in [6.45, 7) is -1.24. The van der Waals surface area contributed by atoms with E-state index in [1.54, 1.807) is 0 Å². The first-order valence-electron chi connectivity index (χ1n) is 6.23. The van der Waals surface area contributed by atoms with E-state index in [-0.39, 0.29) is 5.82 Å². The summed E-state index contributed by atoms with van der Waals surface area (Å²) < 4.78 is 5.29. The lowest BCUT2D eigenvalue weighted by Crippen LogP contribution is -2.63. The average molecular weight is 303 g/mol. The predicted octanol–water partition coefficient (Wildman–Crippen LogP) is -3.67. The largest absolute Gasteiger partial charge is 0.394 e. The fourth-order valence-electron chi connectivity index (χ4n) is 2.16. The van der Waals surface area contributed by atoms with Gasteiger partial charge in [0.2, 0.25) is 0 Å². The van der Waals surface area contributed by atoms with Crippen molar-refractivity contribution in [1.82, 2.24) is 9.97 Å². The van der Waals surface area contributed by atoms with Crippen molar-refractivity contribution in [3.63, 3.8) is 0 Å². The lowest BCUT2D eigenvalue weighted by molar-refractivity contribution is -0.230. The summed E-state index contributed by atoms with van der Waals surface area (Å²) in [5.74, 6) is 0.0989. The van der Waals surface area contributed by atoms with E-state index in [4.69, 9.17) is 9.84 Å². The molecular weight excluding hydrogens is 286 g/mol. The second kappa shape index (κ2) is 6.47. The van der Waals surface area contributed by atoms with Crippen LogP contribution in [0, 0.1) is 0 Å². The van der Waals surface area contributed by atoms with Crippen LogP contribution in [0.5, 0.6) is 0 Å². The molecule has 6 N–H and O–H groups in total. The molecule has 2 heterocycles. The van der Waals surface area contributed by atoms with Crippen LogP contribution in [-0.2, 0) is 4.74 Å². The molecule has 21 heavy (non-hydrogen) atoms. The molecule has 10 heteroatoms.